The van der Waals surface area contributed by atoms with Crippen molar-refractivity contribution in [3.05, 3.63) is 42.0 Å². The number of imidazole rings is 1. The summed E-state index contributed by atoms with van der Waals surface area (Å²) in [5, 5.41) is 0. The van der Waals surface area contributed by atoms with E-state index in [0.29, 0.717) is 0 Å². The van der Waals surface area contributed by atoms with Crippen molar-refractivity contribution in [3.63, 3.8) is 0 Å². The summed E-state index contributed by atoms with van der Waals surface area (Å²) in [6.07, 6.45) is 5.86. The van der Waals surface area contributed by atoms with Gasteiger partial charge < -0.3 is 4.74 Å². The van der Waals surface area contributed by atoms with Crippen molar-refractivity contribution in [2.45, 2.75) is 19.8 Å². The van der Waals surface area contributed by atoms with Crippen molar-refractivity contribution in [1.82, 2.24) is 9.55 Å². The molecule has 0 amide bonds. The standard InChI is InChI=1S/C13H14N2O/c1-10-4-5-12-13(7-10)16-6-2-3-11-8-14-9-15(11)12/h4-5,7-9H,2-3,6H2,1H3. The second-order valence-electron chi connectivity index (χ2n) is 4.18. The average Bonchev–Trinajstić information content (AvgIpc) is 2.69. The summed E-state index contributed by atoms with van der Waals surface area (Å²) in [6.45, 7) is 2.86. The number of hydrogen-bond donors (Lipinski definition) is 0. The van der Waals surface area contributed by atoms with Gasteiger partial charge in [0, 0.05) is 11.9 Å². The monoisotopic (exact) mass is 214 g/mol. The van der Waals surface area contributed by atoms with Crippen molar-refractivity contribution in [1.29, 1.82) is 0 Å². The van der Waals surface area contributed by atoms with Crippen LogP contribution in [-0.2, 0) is 6.42 Å². The normalized spacial score (nSPS) is 14.3. The van der Waals surface area contributed by atoms with E-state index in [1.54, 1.807) is 0 Å². The predicted molar refractivity (Wildman–Crippen MR) is 62.1 cm³/mol. The molecule has 0 radical (unpaired) electrons. The van der Waals surface area contributed by atoms with Crippen molar-refractivity contribution < 1.29 is 4.74 Å². The molecular formula is C13H14N2O. The highest BCUT2D eigenvalue weighted by Crippen LogP contribution is 2.27. The van der Waals surface area contributed by atoms with Gasteiger partial charge in [-0.2, -0.15) is 0 Å². The van der Waals surface area contributed by atoms with Gasteiger partial charge in [0.1, 0.15) is 5.75 Å². The van der Waals surface area contributed by atoms with Gasteiger partial charge in [-0.1, -0.05) is 6.07 Å². The molecule has 16 heavy (non-hydrogen) atoms. The molecule has 0 fully saturated rings. The number of fused-ring (bicyclic) bond motifs is 3. The van der Waals surface area contributed by atoms with Gasteiger partial charge in [0.2, 0.25) is 0 Å². The molecule has 1 aliphatic rings. The third-order valence-electron chi connectivity index (χ3n) is 2.92. The zero-order valence-corrected chi connectivity index (χ0v) is 9.31. The zero-order chi connectivity index (χ0) is 11.0. The highest BCUT2D eigenvalue weighted by atomic mass is 16.5. The number of aryl methyl sites for hydroxylation is 2. The lowest BCUT2D eigenvalue weighted by Gasteiger charge is -2.18. The third kappa shape index (κ3) is 1.48. The molecule has 2 heterocycles. The first kappa shape index (κ1) is 9.46. The molecule has 3 rings (SSSR count). The Balaban J connectivity index is 2.20. The Hall–Kier alpha value is -1.77. The molecule has 0 aliphatic carbocycles. The molecule has 2 aromatic rings. The van der Waals surface area contributed by atoms with E-state index >= 15 is 0 Å². The lowest BCUT2D eigenvalue weighted by Crippen LogP contribution is -2.10. The van der Waals surface area contributed by atoms with Gasteiger partial charge in [0.05, 0.1) is 18.6 Å². The molecular weight excluding hydrogens is 200 g/mol. The Morgan fingerprint density at radius 3 is 3.25 bits per heavy atom. The smallest absolute Gasteiger partial charge is 0.143 e. The van der Waals surface area contributed by atoms with Crippen molar-refractivity contribution in [2.75, 3.05) is 6.61 Å². The number of benzene rings is 1. The van der Waals surface area contributed by atoms with Gasteiger partial charge >= 0.3 is 0 Å². The Bertz CT molecular complexity index is 516. The maximum Gasteiger partial charge on any atom is 0.143 e. The number of nitrogens with zero attached hydrogens (tertiary/aromatic N) is 2. The van der Waals surface area contributed by atoms with Gasteiger partial charge in [0.15, 0.2) is 0 Å². The average molecular weight is 214 g/mol. The summed E-state index contributed by atoms with van der Waals surface area (Å²) in [7, 11) is 0. The van der Waals surface area contributed by atoms with Crippen LogP contribution in [0, 0.1) is 6.92 Å². The lowest BCUT2D eigenvalue weighted by molar-refractivity contribution is 0.304. The Morgan fingerprint density at radius 2 is 2.31 bits per heavy atom. The summed E-state index contributed by atoms with van der Waals surface area (Å²) in [6, 6.07) is 6.29. The molecule has 3 nitrogen and oxygen atoms in total. The minimum absolute atomic E-state index is 0.779. The highest BCUT2D eigenvalue weighted by molar-refractivity contribution is 5.50. The van der Waals surface area contributed by atoms with Crippen LogP contribution < -0.4 is 4.74 Å². The van der Waals surface area contributed by atoms with E-state index in [2.05, 4.69) is 34.7 Å². The van der Waals surface area contributed by atoms with Crippen LogP contribution in [0.15, 0.2) is 30.7 Å². The van der Waals surface area contributed by atoms with Gasteiger partial charge in [-0.3, -0.25) is 4.57 Å². The van der Waals surface area contributed by atoms with Crippen LogP contribution in [0.2, 0.25) is 0 Å². The summed E-state index contributed by atoms with van der Waals surface area (Å²) in [5.74, 6) is 0.957. The molecule has 0 N–H and O–H groups in total. The Kier molecular flexibility index (Phi) is 2.17. The molecule has 3 heteroatoms. The molecule has 0 saturated carbocycles. The fraction of sp³-hybridized carbons (Fsp3) is 0.308. The van der Waals surface area contributed by atoms with E-state index in [-0.39, 0.29) is 0 Å². The molecule has 0 unspecified atom stereocenters. The molecule has 1 aromatic heterocycles. The first-order valence-corrected chi connectivity index (χ1v) is 5.59. The fourth-order valence-electron chi connectivity index (χ4n) is 2.10. The number of hydrogen-bond acceptors (Lipinski definition) is 2. The van der Waals surface area contributed by atoms with E-state index in [1.165, 1.54) is 11.3 Å². The third-order valence-corrected chi connectivity index (χ3v) is 2.92. The molecule has 0 atom stereocenters. The minimum atomic E-state index is 0.779. The summed E-state index contributed by atoms with van der Waals surface area (Å²) >= 11 is 0. The van der Waals surface area contributed by atoms with E-state index in [4.69, 9.17) is 4.74 Å². The van der Waals surface area contributed by atoms with Crippen molar-refractivity contribution in [2.24, 2.45) is 0 Å². The number of ether oxygens (including phenoxy) is 1. The van der Waals surface area contributed by atoms with E-state index in [9.17, 15) is 0 Å². The van der Waals surface area contributed by atoms with Gasteiger partial charge in [-0.25, -0.2) is 4.98 Å². The summed E-state index contributed by atoms with van der Waals surface area (Å²) in [4.78, 5) is 4.22. The van der Waals surface area contributed by atoms with Crippen LogP contribution in [0.25, 0.3) is 5.69 Å². The zero-order valence-electron chi connectivity index (χ0n) is 9.31. The highest BCUT2D eigenvalue weighted by Gasteiger charge is 2.13. The molecule has 1 aliphatic heterocycles. The first-order chi connectivity index (χ1) is 7.84. The minimum Gasteiger partial charge on any atom is -0.491 e. The largest absolute Gasteiger partial charge is 0.491 e. The van der Waals surface area contributed by atoms with Crippen LogP contribution in [0.3, 0.4) is 0 Å². The van der Waals surface area contributed by atoms with Crippen LogP contribution in [0.5, 0.6) is 5.75 Å². The van der Waals surface area contributed by atoms with Gasteiger partial charge in [-0.15, -0.1) is 0 Å². The number of rotatable bonds is 0. The number of aromatic nitrogens is 2. The molecule has 0 bridgehead atoms. The second-order valence-corrected chi connectivity index (χ2v) is 4.18. The van der Waals surface area contributed by atoms with E-state index in [1.807, 2.05) is 12.5 Å². The predicted octanol–water partition coefficient (Wildman–Crippen LogP) is 2.51. The van der Waals surface area contributed by atoms with Crippen LogP contribution in [0.4, 0.5) is 0 Å². The first-order valence-electron chi connectivity index (χ1n) is 5.59. The van der Waals surface area contributed by atoms with Gasteiger partial charge in [0.25, 0.3) is 0 Å². The van der Waals surface area contributed by atoms with Gasteiger partial charge in [-0.05, 0) is 37.5 Å². The maximum absolute atomic E-state index is 5.79. The lowest BCUT2D eigenvalue weighted by atomic mass is 10.1. The molecule has 82 valence electrons. The van der Waals surface area contributed by atoms with E-state index < -0.39 is 0 Å². The molecule has 1 aromatic carbocycles. The Labute approximate surface area is 94.7 Å². The molecule has 0 saturated heterocycles. The van der Waals surface area contributed by atoms with Crippen molar-refractivity contribution in [3.8, 4) is 11.4 Å². The second kappa shape index (κ2) is 3.67. The van der Waals surface area contributed by atoms with Crippen LogP contribution in [-0.4, -0.2) is 16.2 Å². The fourth-order valence-corrected chi connectivity index (χ4v) is 2.10. The van der Waals surface area contributed by atoms with Crippen LogP contribution in [0.1, 0.15) is 17.7 Å². The summed E-state index contributed by atoms with van der Waals surface area (Å²) in [5.41, 5.74) is 3.58. The Morgan fingerprint density at radius 1 is 1.38 bits per heavy atom. The van der Waals surface area contributed by atoms with E-state index in [0.717, 1.165) is 30.9 Å². The van der Waals surface area contributed by atoms with Crippen molar-refractivity contribution >= 4 is 0 Å². The SMILES string of the molecule is Cc1ccc2c(c1)OCCCc1cncn1-2. The van der Waals surface area contributed by atoms with Crippen LogP contribution >= 0.6 is 0 Å². The maximum atomic E-state index is 5.79. The quantitative estimate of drug-likeness (QED) is 0.673. The topological polar surface area (TPSA) is 27.1 Å². The molecule has 0 spiro atoms. The summed E-state index contributed by atoms with van der Waals surface area (Å²) < 4.78 is 7.91.